The predicted molar refractivity (Wildman–Crippen MR) is 62.6 cm³/mol. The summed E-state index contributed by atoms with van der Waals surface area (Å²) in [6.45, 7) is 3.95. The van der Waals surface area contributed by atoms with Crippen molar-refractivity contribution >= 4 is 17.5 Å². The van der Waals surface area contributed by atoms with Crippen molar-refractivity contribution in [2.75, 3.05) is 0 Å². The third kappa shape index (κ3) is 2.55. The Morgan fingerprint density at radius 2 is 2.22 bits per heavy atom. The number of amides is 2. The third-order valence-electron chi connectivity index (χ3n) is 2.77. The quantitative estimate of drug-likeness (QED) is 0.799. The predicted octanol–water partition coefficient (Wildman–Crippen LogP) is 0.174. The summed E-state index contributed by atoms with van der Waals surface area (Å²) in [6.07, 6.45) is 0.650. The van der Waals surface area contributed by atoms with Gasteiger partial charge in [-0.3, -0.25) is 9.59 Å². The average Bonchev–Trinajstić information content (AvgIpc) is 2.67. The number of aryl methyl sites for hydroxylation is 2. The van der Waals surface area contributed by atoms with Gasteiger partial charge in [0.15, 0.2) is 0 Å². The van der Waals surface area contributed by atoms with Gasteiger partial charge in [-0.25, -0.2) is 5.43 Å². The molecule has 7 heteroatoms. The SMILES string of the molecule is Cc1noc(C)c1CNC(=O)C1=NNC(=O)CC1. The van der Waals surface area contributed by atoms with Gasteiger partial charge >= 0.3 is 0 Å². The zero-order valence-corrected chi connectivity index (χ0v) is 10.2. The lowest BCUT2D eigenvalue weighted by Crippen LogP contribution is -2.36. The van der Waals surface area contributed by atoms with E-state index in [1.54, 1.807) is 6.92 Å². The molecule has 18 heavy (non-hydrogen) atoms. The van der Waals surface area contributed by atoms with E-state index in [4.69, 9.17) is 4.52 Å². The van der Waals surface area contributed by atoms with Gasteiger partial charge in [0.25, 0.3) is 5.91 Å². The Balaban J connectivity index is 1.95. The summed E-state index contributed by atoms with van der Waals surface area (Å²) in [5.41, 5.74) is 4.24. The van der Waals surface area contributed by atoms with Crippen LogP contribution in [0.4, 0.5) is 0 Å². The van der Waals surface area contributed by atoms with Crippen molar-refractivity contribution in [2.45, 2.75) is 33.2 Å². The smallest absolute Gasteiger partial charge is 0.267 e. The highest BCUT2D eigenvalue weighted by Gasteiger charge is 2.18. The molecule has 0 saturated carbocycles. The Morgan fingerprint density at radius 1 is 1.44 bits per heavy atom. The van der Waals surface area contributed by atoms with Crippen LogP contribution in [0.2, 0.25) is 0 Å². The highest BCUT2D eigenvalue weighted by atomic mass is 16.5. The lowest BCUT2D eigenvalue weighted by molar-refractivity contribution is -0.121. The van der Waals surface area contributed by atoms with Crippen LogP contribution in [-0.2, 0) is 16.1 Å². The molecular weight excluding hydrogens is 236 g/mol. The molecule has 7 nitrogen and oxygen atoms in total. The second-order valence-electron chi connectivity index (χ2n) is 4.08. The largest absolute Gasteiger partial charge is 0.361 e. The summed E-state index contributed by atoms with van der Waals surface area (Å²) in [5.74, 6) is 0.235. The monoisotopic (exact) mass is 250 g/mol. The number of rotatable bonds is 3. The van der Waals surface area contributed by atoms with Crippen molar-refractivity contribution in [1.29, 1.82) is 0 Å². The normalized spacial score (nSPS) is 15.0. The minimum absolute atomic E-state index is 0.169. The molecule has 0 spiro atoms. The maximum absolute atomic E-state index is 11.8. The fourth-order valence-corrected chi connectivity index (χ4v) is 1.66. The van der Waals surface area contributed by atoms with Crippen LogP contribution in [0.3, 0.4) is 0 Å². The van der Waals surface area contributed by atoms with Crippen LogP contribution in [0.25, 0.3) is 0 Å². The first-order valence-corrected chi connectivity index (χ1v) is 5.63. The van der Waals surface area contributed by atoms with Crippen LogP contribution in [0.1, 0.15) is 29.9 Å². The topological polar surface area (TPSA) is 96.6 Å². The van der Waals surface area contributed by atoms with E-state index >= 15 is 0 Å². The minimum atomic E-state index is -0.282. The first kappa shape index (κ1) is 12.3. The van der Waals surface area contributed by atoms with E-state index in [0.29, 0.717) is 24.4 Å². The molecule has 2 amide bonds. The lowest BCUT2D eigenvalue weighted by atomic mass is 10.1. The van der Waals surface area contributed by atoms with Crippen LogP contribution < -0.4 is 10.7 Å². The average molecular weight is 250 g/mol. The van der Waals surface area contributed by atoms with Gasteiger partial charge in [-0.05, 0) is 13.8 Å². The summed E-state index contributed by atoms with van der Waals surface area (Å²) in [5, 5.41) is 10.3. The van der Waals surface area contributed by atoms with E-state index in [2.05, 4.69) is 21.0 Å². The fourth-order valence-electron chi connectivity index (χ4n) is 1.66. The van der Waals surface area contributed by atoms with Gasteiger partial charge in [-0.1, -0.05) is 5.16 Å². The molecule has 0 aliphatic carbocycles. The molecule has 2 rings (SSSR count). The lowest BCUT2D eigenvalue weighted by Gasteiger charge is -2.11. The maximum atomic E-state index is 11.8. The molecule has 0 saturated heterocycles. The molecule has 1 aromatic heterocycles. The Bertz CT molecular complexity index is 499. The molecule has 0 aromatic carbocycles. The van der Waals surface area contributed by atoms with Crippen LogP contribution in [-0.4, -0.2) is 22.7 Å². The first-order chi connectivity index (χ1) is 8.58. The Hall–Kier alpha value is -2.18. The molecule has 1 aromatic rings. The van der Waals surface area contributed by atoms with Gasteiger partial charge in [0.2, 0.25) is 5.91 Å². The molecule has 0 fully saturated rings. The number of hydrogen-bond acceptors (Lipinski definition) is 5. The van der Waals surface area contributed by atoms with Gasteiger partial charge in [0, 0.05) is 24.9 Å². The molecule has 0 unspecified atom stereocenters. The Kier molecular flexibility index (Phi) is 3.40. The van der Waals surface area contributed by atoms with E-state index in [-0.39, 0.29) is 18.2 Å². The van der Waals surface area contributed by atoms with E-state index in [9.17, 15) is 9.59 Å². The zero-order chi connectivity index (χ0) is 13.1. The number of nitrogens with zero attached hydrogens (tertiary/aromatic N) is 2. The van der Waals surface area contributed by atoms with Crippen LogP contribution >= 0.6 is 0 Å². The molecule has 2 N–H and O–H groups in total. The molecule has 96 valence electrons. The van der Waals surface area contributed by atoms with E-state index < -0.39 is 0 Å². The number of nitrogens with one attached hydrogen (secondary N) is 2. The number of hydrogen-bond donors (Lipinski definition) is 2. The minimum Gasteiger partial charge on any atom is -0.361 e. The highest BCUT2D eigenvalue weighted by Crippen LogP contribution is 2.11. The van der Waals surface area contributed by atoms with Crippen molar-refractivity contribution < 1.29 is 14.1 Å². The molecule has 1 aliphatic rings. The Labute approximate surface area is 104 Å². The first-order valence-electron chi connectivity index (χ1n) is 5.63. The summed E-state index contributed by atoms with van der Waals surface area (Å²) >= 11 is 0. The maximum Gasteiger partial charge on any atom is 0.267 e. The van der Waals surface area contributed by atoms with Gasteiger partial charge in [-0.2, -0.15) is 5.10 Å². The number of aromatic nitrogens is 1. The van der Waals surface area contributed by atoms with Crippen molar-refractivity contribution in [3.05, 3.63) is 17.0 Å². The standard InChI is InChI=1S/C11H14N4O3/c1-6-8(7(2)18-15-6)5-12-11(17)9-3-4-10(16)14-13-9/h3-5H2,1-2H3,(H,12,17)(H,14,16). The summed E-state index contributed by atoms with van der Waals surface area (Å²) < 4.78 is 5.00. The van der Waals surface area contributed by atoms with Crippen molar-refractivity contribution in [1.82, 2.24) is 15.9 Å². The van der Waals surface area contributed by atoms with Crippen molar-refractivity contribution in [2.24, 2.45) is 5.10 Å². The van der Waals surface area contributed by atoms with Crippen LogP contribution in [0, 0.1) is 13.8 Å². The second-order valence-corrected chi connectivity index (χ2v) is 4.08. The number of carbonyl (C=O) groups excluding carboxylic acids is 2. The molecule has 0 atom stereocenters. The van der Waals surface area contributed by atoms with Gasteiger partial charge in [0.1, 0.15) is 11.5 Å². The highest BCUT2D eigenvalue weighted by molar-refractivity contribution is 6.39. The summed E-state index contributed by atoms with van der Waals surface area (Å²) in [6, 6.07) is 0. The van der Waals surface area contributed by atoms with Crippen LogP contribution in [0.5, 0.6) is 0 Å². The van der Waals surface area contributed by atoms with Crippen LogP contribution in [0.15, 0.2) is 9.62 Å². The Morgan fingerprint density at radius 3 is 2.78 bits per heavy atom. The number of carbonyl (C=O) groups is 2. The molecule has 0 bridgehead atoms. The zero-order valence-electron chi connectivity index (χ0n) is 10.2. The van der Waals surface area contributed by atoms with E-state index in [1.165, 1.54) is 0 Å². The van der Waals surface area contributed by atoms with Crippen molar-refractivity contribution in [3.8, 4) is 0 Å². The van der Waals surface area contributed by atoms with Gasteiger partial charge in [0.05, 0.1) is 5.69 Å². The molecule has 1 aliphatic heterocycles. The summed E-state index contributed by atoms with van der Waals surface area (Å²) in [7, 11) is 0. The molecule has 0 radical (unpaired) electrons. The van der Waals surface area contributed by atoms with Crippen molar-refractivity contribution in [3.63, 3.8) is 0 Å². The van der Waals surface area contributed by atoms with E-state index in [0.717, 1.165) is 11.3 Å². The third-order valence-corrected chi connectivity index (χ3v) is 2.77. The summed E-state index contributed by atoms with van der Waals surface area (Å²) in [4.78, 5) is 22.7. The molecular formula is C11H14N4O3. The second kappa shape index (κ2) is 4.99. The molecule has 2 heterocycles. The van der Waals surface area contributed by atoms with E-state index in [1.807, 2.05) is 6.92 Å². The fraction of sp³-hybridized carbons (Fsp3) is 0.455. The van der Waals surface area contributed by atoms with Gasteiger partial charge < -0.3 is 9.84 Å². The van der Waals surface area contributed by atoms with Gasteiger partial charge in [-0.15, -0.1) is 0 Å². The number of hydrazone groups is 1.